The van der Waals surface area contributed by atoms with Crippen LogP contribution in [0, 0.1) is 11.8 Å². The first kappa shape index (κ1) is 22.1. The maximum absolute atomic E-state index is 10.5. The summed E-state index contributed by atoms with van der Waals surface area (Å²) in [6.45, 7) is 2.13. The van der Waals surface area contributed by atoms with Crippen LogP contribution in [0.25, 0.3) is 0 Å². The van der Waals surface area contributed by atoms with Gasteiger partial charge in [0.25, 0.3) is 0 Å². The number of carboxylic acid groups (broad SMARTS) is 1. The second-order valence-corrected chi connectivity index (χ2v) is 7.41. The van der Waals surface area contributed by atoms with Crippen molar-refractivity contribution in [2.75, 3.05) is 0 Å². The van der Waals surface area contributed by atoms with Gasteiger partial charge >= 0.3 is 5.97 Å². The van der Waals surface area contributed by atoms with Gasteiger partial charge in [0.05, 0.1) is 18.3 Å². The molecule has 0 aromatic carbocycles. The zero-order valence-electron chi connectivity index (χ0n) is 15.5. The van der Waals surface area contributed by atoms with Crippen LogP contribution in [-0.4, -0.2) is 44.7 Å². The smallest absolute Gasteiger partial charge is 0.303 e. The number of carboxylic acids is 1. The molecule has 0 heterocycles. The molecule has 0 spiro atoms. The summed E-state index contributed by atoms with van der Waals surface area (Å²) < 4.78 is 0. The lowest BCUT2D eigenvalue weighted by atomic mass is 9.88. The van der Waals surface area contributed by atoms with Crippen LogP contribution >= 0.6 is 0 Å². The first-order valence-electron chi connectivity index (χ1n) is 9.90. The number of unbranched alkanes of at least 4 members (excludes halogenated alkanes) is 5. The van der Waals surface area contributed by atoms with Gasteiger partial charge in [0.1, 0.15) is 0 Å². The lowest BCUT2D eigenvalue weighted by Gasteiger charge is -2.21. The lowest BCUT2D eigenvalue weighted by molar-refractivity contribution is -0.137. The SMILES string of the molecule is CCCCC[C@@H](O)/C=C/[C@@H]1[C@@H](CCCCCCC(=O)O)[C@H](O)C[C@H]1O. The Morgan fingerprint density at radius 2 is 1.80 bits per heavy atom. The molecule has 0 aromatic heterocycles. The van der Waals surface area contributed by atoms with Crippen molar-refractivity contribution in [2.45, 2.75) is 95.9 Å². The first-order valence-corrected chi connectivity index (χ1v) is 9.90. The van der Waals surface area contributed by atoms with Crippen LogP contribution in [0.4, 0.5) is 0 Å². The monoisotopic (exact) mass is 356 g/mol. The molecule has 0 aliphatic heterocycles. The molecule has 0 amide bonds. The van der Waals surface area contributed by atoms with E-state index >= 15 is 0 Å². The maximum Gasteiger partial charge on any atom is 0.303 e. The molecule has 0 unspecified atom stereocenters. The number of aliphatic hydroxyl groups excluding tert-OH is 3. The first-order chi connectivity index (χ1) is 12.0. The third-order valence-corrected chi connectivity index (χ3v) is 5.25. The van der Waals surface area contributed by atoms with Gasteiger partial charge in [-0.25, -0.2) is 0 Å². The third-order valence-electron chi connectivity index (χ3n) is 5.25. The van der Waals surface area contributed by atoms with Crippen molar-refractivity contribution in [1.29, 1.82) is 0 Å². The van der Waals surface area contributed by atoms with E-state index in [4.69, 9.17) is 5.11 Å². The minimum Gasteiger partial charge on any atom is -0.481 e. The van der Waals surface area contributed by atoms with Gasteiger partial charge in [-0.1, -0.05) is 57.6 Å². The van der Waals surface area contributed by atoms with Crippen LogP contribution in [0.3, 0.4) is 0 Å². The van der Waals surface area contributed by atoms with Gasteiger partial charge in [0.2, 0.25) is 0 Å². The molecule has 1 aliphatic carbocycles. The fraction of sp³-hybridized carbons (Fsp3) is 0.850. The Morgan fingerprint density at radius 3 is 2.48 bits per heavy atom. The summed E-state index contributed by atoms with van der Waals surface area (Å²) in [5, 5.41) is 39.0. The fourth-order valence-electron chi connectivity index (χ4n) is 3.74. The average molecular weight is 357 g/mol. The Labute approximate surface area is 151 Å². The molecule has 0 bridgehead atoms. The van der Waals surface area contributed by atoms with Crippen LogP contribution in [0.2, 0.25) is 0 Å². The zero-order chi connectivity index (χ0) is 18.7. The van der Waals surface area contributed by atoms with Crippen LogP contribution < -0.4 is 0 Å². The Hall–Kier alpha value is -0.910. The Bertz CT molecular complexity index is 396. The summed E-state index contributed by atoms with van der Waals surface area (Å²) in [5.74, 6) is -0.833. The van der Waals surface area contributed by atoms with E-state index in [-0.39, 0.29) is 18.3 Å². The van der Waals surface area contributed by atoms with E-state index in [0.717, 1.165) is 51.4 Å². The minimum atomic E-state index is -0.753. The molecule has 1 saturated carbocycles. The maximum atomic E-state index is 10.5. The van der Waals surface area contributed by atoms with E-state index < -0.39 is 24.3 Å². The zero-order valence-corrected chi connectivity index (χ0v) is 15.5. The van der Waals surface area contributed by atoms with E-state index in [2.05, 4.69) is 6.92 Å². The molecule has 0 radical (unpaired) electrons. The summed E-state index contributed by atoms with van der Waals surface area (Å²) in [6, 6.07) is 0. The topological polar surface area (TPSA) is 98.0 Å². The number of rotatable bonds is 13. The standard InChI is InChI=1S/C20H36O5/c1-2-3-6-9-15(21)12-13-17-16(18(22)14-19(17)23)10-7-4-5-8-11-20(24)25/h12-13,15-19,21-23H,2-11,14H2,1H3,(H,24,25)/b13-12+/t15-,16-,17-,18-,19-/m1/s1. The van der Waals surface area contributed by atoms with Crippen molar-refractivity contribution >= 4 is 5.97 Å². The van der Waals surface area contributed by atoms with Crippen LogP contribution in [-0.2, 0) is 4.79 Å². The molecule has 5 heteroatoms. The van der Waals surface area contributed by atoms with Crippen molar-refractivity contribution in [3.05, 3.63) is 12.2 Å². The predicted octanol–water partition coefficient (Wildman–Crippen LogP) is 3.27. The van der Waals surface area contributed by atoms with Gasteiger partial charge in [-0.15, -0.1) is 0 Å². The third kappa shape index (κ3) is 8.84. The normalized spacial score (nSPS) is 27.8. The van der Waals surface area contributed by atoms with Crippen molar-refractivity contribution in [2.24, 2.45) is 11.8 Å². The summed E-state index contributed by atoms with van der Waals surface area (Å²) in [7, 11) is 0. The van der Waals surface area contributed by atoms with E-state index in [1.165, 1.54) is 0 Å². The van der Waals surface area contributed by atoms with Crippen molar-refractivity contribution < 1.29 is 25.2 Å². The van der Waals surface area contributed by atoms with Crippen LogP contribution in [0.1, 0.15) is 77.6 Å². The number of hydrogen-bond acceptors (Lipinski definition) is 4. The average Bonchev–Trinajstić information content (AvgIpc) is 2.82. The number of aliphatic hydroxyl groups is 3. The molecular formula is C20H36O5. The molecule has 146 valence electrons. The predicted molar refractivity (Wildman–Crippen MR) is 98.2 cm³/mol. The highest BCUT2D eigenvalue weighted by atomic mass is 16.4. The van der Waals surface area contributed by atoms with E-state index in [9.17, 15) is 20.1 Å². The summed E-state index contributed by atoms with van der Waals surface area (Å²) in [4.78, 5) is 10.5. The molecular weight excluding hydrogens is 320 g/mol. The molecule has 1 rings (SSSR count). The Morgan fingerprint density at radius 1 is 1.08 bits per heavy atom. The van der Waals surface area contributed by atoms with Crippen molar-refractivity contribution in [3.8, 4) is 0 Å². The number of aliphatic carboxylic acids is 1. The van der Waals surface area contributed by atoms with E-state index in [1.54, 1.807) is 6.08 Å². The highest BCUT2D eigenvalue weighted by molar-refractivity contribution is 5.66. The van der Waals surface area contributed by atoms with Gasteiger partial charge in [-0.2, -0.15) is 0 Å². The van der Waals surface area contributed by atoms with Gasteiger partial charge in [-0.05, 0) is 25.2 Å². The number of carbonyl (C=O) groups is 1. The van der Waals surface area contributed by atoms with Gasteiger partial charge in [-0.3, -0.25) is 4.79 Å². The van der Waals surface area contributed by atoms with Crippen molar-refractivity contribution in [3.63, 3.8) is 0 Å². The van der Waals surface area contributed by atoms with Crippen LogP contribution in [0.15, 0.2) is 12.2 Å². The quantitative estimate of drug-likeness (QED) is 0.300. The largest absolute Gasteiger partial charge is 0.481 e. The second kappa shape index (κ2) is 12.4. The minimum absolute atomic E-state index is 0.0218. The molecule has 5 atom stereocenters. The molecule has 4 N–H and O–H groups in total. The summed E-state index contributed by atoms with van der Waals surface area (Å²) in [5.41, 5.74) is 0. The molecule has 1 aliphatic rings. The van der Waals surface area contributed by atoms with Crippen LogP contribution in [0.5, 0.6) is 0 Å². The van der Waals surface area contributed by atoms with E-state index in [1.807, 2.05) is 6.08 Å². The van der Waals surface area contributed by atoms with Gasteiger partial charge in [0, 0.05) is 18.8 Å². The highest BCUT2D eigenvalue weighted by Crippen LogP contribution is 2.37. The molecule has 25 heavy (non-hydrogen) atoms. The fourth-order valence-corrected chi connectivity index (χ4v) is 3.74. The highest BCUT2D eigenvalue weighted by Gasteiger charge is 2.39. The lowest BCUT2D eigenvalue weighted by Crippen LogP contribution is -2.21. The Balaban J connectivity index is 2.38. The molecule has 5 nitrogen and oxygen atoms in total. The second-order valence-electron chi connectivity index (χ2n) is 7.41. The van der Waals surface area contributed by atoms with Crippen molar-refractivity contribution in [1.82, 2.24) is 0 Å². The van der Waals surface area contributed by atoms with E-state index in [0.29, 0.717) is 12.8 Å². The van der Waals surface area contributed by atoms with Gasteiger partial charge < -0.3 is 20.4 Å². The summed E-state index contributed by atoms with van der Waals surface area (Å²) >= 11 is 0. The molecule has 0 saturated heterocycles. The Kier molecular flexibility index (Phi) is 11.0. The summed E-state index contributed by atoms with van der Waals surface area (Å²) in [6.07, 6.45) is 11.0. The molecule has 0 aromatic rings. The molecule has 1 fully saturated rings. The van der Waals surface area contributed by atoms with Gasteiger partial charge in [0.15, 0.2) is 0 Å². The number of hydrogen-bond donors (Lipinski definition) is 4.